The number of carbonyl (C=O) groups excluding carboxylic acids is 3. The number of rotatable bonds is 2. The molecule has 138 valence electrons. The highest BCUT2D eigenvalue weighted by Crippen LogP contribution is 2.44. The van der Waals surface area contributed by atoms with Crippen molar-refractivity contribution in [3.05, 3.63) is 58.9 Å². The topological polar surface area (TPSA) is 69.7 Å². The molecule has 2 aliphatic heterocycles. The molecule has 1 atom stereocenters. The lowest BCUT2D eigenvalue weighted by molar-refractivity contribution is -0.128. The van der Waals surface area contributed by atoms with E-state index in [9.17, 15) is 18.8 Å². The molecule has 1 N–H and O–H groups in total. The summed E-state index contributed by atoms with van der Waals surface area (Å²) >= 11 is 5.78. The summed E-state index contributed by atoms with van der Waals surface area (Å²) in [5, 5.41) is 2.53. The van der Waals surface area contributed by atoms with Crippen molar-refractivity contribution in [1.82, 2.24) is 4.90 Å². The number of nitrogens with zero attached hydrogens (tertiary/aromatic N) is 2. The van der Waals surface area contributed by atoms with Crippen molar-refractivity contribution < 1.29 is 18.8 Å². The minimum absolute atomic E-state index is 0.129. The van der Waals surface area contributed by atoms with E-state index < -0.39 is 17.4 Å². The first kappa shape index (κ1) is 17.5. The molecule has 1 saturated heterocycles. The maximum atomic E-state index is 13.4. The van der Waals surface area contributed by atoms with Gasteiger partial charge in [-0.2, -0.15) is 0 Å². The predicted octanol–water partition coefficient (Wildman–Crippen LogP) is 3.03. The van der Waals surface area contributed by atoms with Crippen LogP contribution in [-0.2, 0) is 9.59 Å². The van der Waals surface area contributed by atoms with Gasteiger partial charge in [-0.1, -0.05) is 23.7 Å². The summed E-state index contributed by atoms with van der Waals surface area (Å²) in [6.45, 7) is 0. The Hall–Kier alpha value is -2.93. The van der Waals surface area contributed by atoms with Crippen molar-refractivity contribution in [3.8, 4) is 0 Å². The van der Waals surface area contributed by atoms with Crippen molar-refractivity contribution in [2.45, 2.75) is 18.5 Å². The summed E-state index contributed by atoms with van der Waals surface area (Å²) in [7, 11) is 1.50. The van der Waals surface area contributed by atoms with Crippen molar-refractivity contribution in [2.75, 3.05) is 17.3 Å². The quantitative estimate of drug-likeness (QED) is 0.861. The van der Waals surface area contributed by atoms with E-state index in [0.717, 1.165) is 6.07 Å². The average molecular weight is 388 g/mol. The van der Waals surface area contributed by atoms with E-state index in [1.165, 1.54) is 29.0 Å². The van der Waals surface area contributed by atoms with Gasteiger partial charge in [-0.25, -0.2) is 4.39 Å². The van der Waals surface area contributed by atoms with Gasteiger partial charge in [-0.3, -0.25) is 19.3 Å². The standard InChI is InChI=1S/C19H15ClFN3O3/c1-23-17(26)12-4-2-3-5-15(12)24-16(25)8-9-19(23,24)18(27)22-11-6-7-14(21)13(20)10-11/h2-7,10H,8-9H2,1H3,(H,22,27)/t19-/m1/s1. The molecule has 0 bridgehead atoms. The van der Waals surface area contributed by atoms with Crippen molar-refractivity contribution >= 4 is 40.7 Å². The number of carbonyl (C=O) groups is 3. The maximum Gasteiger partial charge on any atom is 0.271 e. The Morgan fingerprint density at radius 2 is 1.96 bits per heavy atom. The number of para-hydroxylation sites is 1. The third-order valence-electron chi connectivity index (χ3n) is 5.08. The fourth-order valence-electron chi connectivity index (χ4n) is 3.73. The van der Waals surface area contributed by atoms with Crippen LogP contribution in [0.2, 0.25) is 5.02 Å². The molecular formula is C19H15ClFN3O3. The van der Waals surface area contributed by atoms with Crippen LogP contribution in [0.15, 0.2) is 42.5 Å². The number of fused-ring (bicyclic) bond motifs is 3. The second kappa shape index (κ2) is 6.06. The second-order valence-corrected chi connectivity index (χ2v) is 6.92. The van der Waals surface area contributed by atoms with Crippen LogP contribution in [0.4, 0.5) is 15.8 Å². The number of anilines is 2. The lowest BCUT2D eigenvalue weighted by Gasteiger charge is -2.47. The average Bonchev–Trinajstić information content (AvgIpc) is 3.01. The van der Waals surface area contributed by atoms with Crippen LogP contribution in [-0.4, -0.2) is 35.3 Å². The molecule has 0 spiro atoms. The van der Waals surface area contributed by atoms with Gasteiger partial charge in [0.15, 0.2) is 0 Å². The zero-order valence-corrected chi connectivity index (χ0v) is 15.1. The van der Waals surface area contributed by atoms with Crippen LogP contribution in [0.5, 0.6) is 0 Å². The highest BCUT2D eigenvalue weighted by molar-refractivity contribution is 6.31. The number of nitrogens with one attached hydrogen (secondary N) is 1. The summed E-state index contributed by atoms with van der Waals surface area (Å²) in [6.07, 6.45) is 0.284. The third-order valence-corrected chi connectivity index (χ3v) is 5.37. The molecule has 3 amide bonds. The molecule has 2 aromatic rings. The Balaban J connectivity index is 1.79. The van der Waals surface area contributed by atoms with Crippen LogP contribution in [0.25, 0.3) is 0 Å². The lowest BCUT2D eigenvalue weighted by Crippen LogP contribution is -2.68. The minimum Gasteiger partial charge on any atom is -0.322 e. The zero-order valence-electron chi connectivity index (χ0n) is 14.3. The maximum absolute atomic E-state index is 13.4. The van der Waals surface area contributed by atoms with Crippen molar-refractivity contribution in [1.29, 1.82) is 0 Å². The monoisotopic (exact) mass is 387 g/mol. The molecule has 8 heteroatoms. The SMILES string of the molecule is CN1C(=O)c2ccccc2N2C(=O)CC[C@@]12C(=O)Nc1ccc(F)c(Cl)c1. The van der Waals surface area contributed by atoms with Gasteiger partial charge in [0.2, 0.25) is 11.6 Å². The molecule has 0 saturated carbocycles. The second-order valence-electron chi connectivity index (χ2n) is 6.51. The first-order valence-electron chi connectivity index (χ1n) is 8.33. The largest absolute Gasteiger partial charge is 0.322 e. The van der Waals surface area contributed by atoms with E-state index in [4.69, 9.17) is 11.6 Å². The fraction of sp³-hybridized carbons (Fsp3) is 0.211. The molecule has 0 aromatic heterocycles. The van der Waals surface area contributed by atoms with Crippen molar-refractivity contribution in [2.24, 2.45) is 0 Å². The van der Waals surface area contributed by atoms with Gasteiger partial charge >= 0.3 is 0 Å². The molecular weight excluding hydrogens is 373 g/mol. The predicted molar refractivity (Wildman–Crippen MR) is 98.0 cm³/mol. The Kier molecular flexibility index (Phi) is 3.92. The van der Waals surface area contributed by atoms with Gasteiger partial charge in [0, 0.05) is 25.6 Å². The van der Waals surface area contributed by atoms with Gasteiger partial charge in [-0.05, 0) is 30.3 Å². The summed E-state index contributed by atoms with van der Waals surface area (Å²) in [4.78, 5) is 41.4. The normalized spacial score (nSPS) is 21.1. The Bertz CT molecular complexity index is 996. The van der Waals surface area contributed by atoms with E-state index in [-0.39, 0.29) is 35.4 Å². The molecule has 4 rings (SSSR count). The van der Waals surface area contributed by atoms with Crippen LogP contribution in [0, 0.1) is 5.82 Å². The molecule has 0 radical (unpaired) electrons. The summed E-state index contributed by atoms with van der Waals surface area (Å²) < 4.78 is 13.4. The van der Waals surface area contributed by atoms with Crippen LogP contribution in [0.1, 0.15) is 23.2 Å². The van der Waals surface area contributed by atoms with E-state index in [1.807, 2.05) is 0 Å². The van der Waals surface area contributed by atoms with Gasteiger partial charge in [0.1, 0.15) is 5.82 Å². The molecule has 2 aromatic carbocycles. The summed E-state index contributed by atoms with van der Waals surface area (Å²) in [5.74, 6) is -1.75. The number of hydrogen-bond acceptors (Lipinski definition) is 3. The minimum atomic E-state index is -1.48. The highest BCUT2D eigenvalue weighted by atomic mass is 35.5. The van der Waals surface area contributed by atoms with Crippen molar-refractivity contribution in [3.63, 3.8) is 0 Å². The van der Waals surface area contributed by atoms with E-state index >= 15 is 0 Å². The molecule has 0 aliphatic carbocycles. The number of benzene rings is 2. The lowest BCUT2D eigenvalue weighted by atomic mass is 9.96. The molecule has 27 heavy (non-hydrogen) atoms. The highest BCUT2D eigenvalue weighted by Gasteiger charge is 2.59. The number of hydrogen-bond donors (Lipinski definition) is 1. The first-order chi connectivity index (χ1) is 12.9. The van der Waals surface area contributed by atoms with E-state index in [1.54, 1.807) is 24.3 Å². The fourth-order valence-corrected chi connectivity index (χ4v) is 3.91. The Morgan fingerprint density at radius 3 is 2.70 bits per heavy atom. The molecule has 6 nitrogen and oxygen atoms in total. The van der Waals surface area contributed by atoms with Gasteiger partial charge in [0.25, 0.3) is 11.8 Å². The van der Waals surface area contributed by atoms with Gasteiger partial charge in [0.05, 0.1) is 16.3 Å². The third kappa shape index (κ3) is 2.42. The molecule has 1 fully saturated rings. The molecule has 2 aliphatic rings. The smallest absolute Gasteiger partial charge is 0.271 e. The Morgan fingerprint density at radius 1 is 1.22 bits per heavy atom. The first-order valence-corrected chi connectivity index (χ1v) is 8.71. The van der Waals surface area contributed by atoms with Crippen LogP contribution >= 0.6 is 11.6 Å². The van der Waals surface area contributed by atoms with Gasteiger partial charge < -0.3 is 10.2 Å². The molecule has 2 heterocycles. The van der Waals surface area contributed by atoms with Crippen LogP contribution < -0.4 is 10.2 Å². The van der Waals surface area contributed by atoms with E-state index in [0.29, 0.717) is 11.3 Å². The summed E-state index contributed by atoms with van der Waals surface area (Å²) in [6, 6.07) is 10.5. The molecule has 0 unspecified atom stereocenters. The number of halogens is 2. The number of amides is 3. The van der Waals surface area contributed by atoms with Gasteiger partial charge in [-0.15, -0.1) is 0 Å². The number of likely N-dealkylation sites (N-methyl/N-ethyl adjacent to an activating group) is 1. The summed E-state index contributed by atoms with van der Waals surface area (Å²) in [5.41, 5.74) is -0.428. The zero-order chi connectivity index (χ0) is 19.3. The van der Waals surface area contributed by atoms with Crippen LogP contribution in [0.3, 0.4) is 0 Å². The van der Waals surface area contributed by atoms with E-state index in [2.05, 4.69) is 5.32 Å². The Labute approximate surface area is 159 Å².